The van der Waals surface area contributed by atoms with Gasteiger partial charge in [0.1, 0.15) is 0 Å². The van der Waals surface area contributed by atoms with Crippen molar-refractivity contribution in [3.63, 3.8) is 0 Å². The van der Waals surface area contributed by atoms with E-state index >= 15 is 35.1 Å². The van der Waals surface area contributed by atoms with Gasteiger partial charge in [-0.2, -0.15) is 0 Å². The predicted octanol–water partition coefficient (Wildman–Crippen LogP) is 5.47. The van der Waals surface area contributed by atoms with Crippen LogP contribution >= 0.6 is 0 Å². The fraction of sp³-hybridized carbons (Fsp3) is 0. The van der Waals surface area contributed by atoms with Crippen molar-refractivity contribution in [1.29, 1.82) is 0 Å². The summed E-state index contributed by atoms with van der Waals surface area (Å²) in [6.07, 6.45) is 0. The average Bonchev–Trinajstić information content (AvgIpc) is 3.00. The van der Waals surface area contributed by atoms with Crippen molar-refractivity contribution in [2.24, 2.45) is 0 Å². The number of hydrogen-bond acceptors (Lipinski definition) is 0. The fourth-order valence-corrected chi connectivity index (χ4v) is 13.6. The first kappa shape index (κ1) is 37.3. The van der Waals surface area contributed by atoms with Gasteiger partial charge in [-0.3, -0.25) is 0 Å². The molecule has 0 N–H and O–H groups in total. The molecule has 0 amide bonds. The van der Waals surface area contributed by atoms with Crippen LogP contribution in [0.15, 0.2) is 0 Å². The molecule has 246 valence electrons. The summed E-state index contributed by atoms with van der Waals surface area (Å²) in [6, 6.07) is 0. The van der Waals surface area contributed by atoms with Crippen LogP contribution in [-0.4, -0.2) is 38.0 Å². The number of halogens is 20. The first-order chi connectivity index (χ1) is 20.7. The number of rotatable bonds is 4. The Hall–Kier alpha value is -3.14. The van der Waals surface area contributed by atoms with E-state index in [0.717, 1.165) is 0 Å². The molecule has 0 saturated heterocycles. The SMILES string of the molecule is Fc1c(F)c(F)c([As](c2c(F)c(F)c(F)c(F)c2F)(c2c(F)c(F)c(F)c(F)c2F)c2c(F)c(F)c(F)c(F)c2F)c(F)c1F.[Sb]. The molecule has 0 fully saturated rings. The van der Waals surface area contributed by atoms with E-state index in [9.17, 15) is 52.7 Å². The maximum atomic E-state index is 15.4. The van der Waals surface area contributed by atoms with E-state index in [1.54, 1.807) is 0 Å². The zero-order valence-corrected chi connectivity index (χ0v) is 24.9. The molecule has 0 saturated carbocycles. The Labute approximate surface area is 259 Å². The maximum absolute atomic E-state index is 15.4. The number of benzene rings is 4. The van der Waals surface area contributed by atoms with E-state index < -0.39 is 147 Å². The molecule has 0 aliphatic carbocycles. The van der Waals surface area contributed by atoms with E-state index in [1.807, 2.05) is 0 Å². The maximum Gasteiger partial charge on any atom is 0 e. The monoisotopic (exact) mass is 864 g/mol. The second-order valence-corrected chi connectivity index (χ2v) is 14.9. The summed E-state index contributed by atoms with van der Waals surface area (Å²) in [5.41, 5.74) is 0. The molecule has 22 heteroatoms. The van der Waals surface area contributed by atoms with Crippen LogP contribution < -0.4 is 17.4 Å². The first-order valence-corrected chi connectivity index (χ1v) is 14.4. The van der Waals surface area contributed by atoms with Crippen LogP contribution in [0, 0.1) is 116 Å². The molecule has 46 heavy (non-hydrogen) atoms. The van der Waals surface area contributed by atoms with Crippen LogP contribution in [0.2, 0.25) is 0 Å². The van der Waals surface area contributed by atoms with E-state index in [0.29, 0.717) is 0 Å². The largest absolute Gasteiger partial charge is 0 e. The van der Waals surface area contributed by atoms with Gasteiger partial charge in [0, 0.05) is 24.4 Å². The van der Waals surface area contributed by atoms with Gasteiger partial charge in [-0.05, 0) is 0 Å². The third-order valence-corrected chi connectivity index (χ3v) is 15.0. The molecule has 0 aliphatic heterocycles. The van der Waals surface area contributed by atoms with Gasteiger partial charge in [0.25, 0.3) is 0 Å². The molecule has 0 aliphatic rings. The van der Waals surface area contributed by atoms with Crippen LogP contribution in [0.25, 0.3) is 0 Å². The van der Waals surface area contributed by atoms with E-state index in [2.05, 4.69) is 0 Å². The summed E-state index contributed by atoms with van der Waals surface area (Å²) in [5, 5.41) is 0. The van der Waals surface area contributed by atoms with Crippen molar-refractivity contribution >= 4 is 55.4 Å². The third kappa shape index (κ3) is 4.75. The predicted molar refractivity (Wildman–Crippen MR) is 115 cm³/mol. The van der Waals surface area contributed by atoms with Gasteiger partial charge in [-0.15, -0.1) is 0 Å². The molecule has 0 spiro atoms. The van der Waals surface area contributed by atoms with E-state index in [4.69, 9.17) is 0 Å². The Morgan fingerprint density at radius 1 is 0.174 bits per heavy atom. The summed E-state index contributed by atoms with van der Waals surface area (Å²) in [6.45, 7) is 0. The van der Waals surface area contributed by atoms with Crippen molar-refractivity contribution in [2.75, 3.05) is 0 Å². The molecule has 4 aromatic carbocycles. The molecule has 0 nitrogen and oxygen atoms in total. The van der Waals surface area contributed by atoms with E-state index in [1.165, 1.54) is 0 Å². The van der Waals surface area contributed by atoms with Gasteiger partial charge in [-0.25, -0.2) is 0 Å². The van der Waals surface area contributed by atoms with Gasteiger partial charge < -0.3 is 0 Å². The molecule has 0 bridgehead atoms. The number of hydrogen-bond donors (Lipinski definition) is 0. The van der Waals surface area contributed by atoms with Gasteiger partial charge in [0.15, 0.2) is 0 Å². The Kier molecular flexibility index (Phi) is 10.1. The van der Waals surface area contributed by atoms with Gasteiger partial charge in [0.05, 0.1) is 0 Å². The molecule has 4 aromatic rings. The quantitative estimate of drug-likeness (QED) is 0.111. The second kappa shape index (κ2) is 12.5. The zero-order valence-electron chi connectivity index (χ0n) is 20.5. The molecule has 0 unspecified atom stereocenters. The normalized spacial score (nSPS) is 11.7. The van der Waals surface area contributed by atoms with Crippen LogP contribution in [0.1, 0.15) is 0 Å². The molecular weight excluding hydrogens is 865 g/mol. The van der Waals surface area contributed by atoms with Crippen LogP contribution in [-0.2, 0) is 0 Å². The molecule has 0 aromatic heterocycles. The van der Waals surface area contributed by atoms with Crippen molar-refractivity contribution < 1.29 is 87.8 Å². The summed E-state index contributed by atoms with van der Waals surface area (Å²) in [7, 11) is 0. The van der Waals surface area contributed by atoms with Crippen molar-refractivity contribution in [1.82, 2.24) is 0 Å². The fourth-order valence-electron chi connectivity index (χ4n) is 4.22. The minimum Gasteiger partial charge on any atom is 0 e. The van der Waals surface area contributed by atoms with Crippen molar-refractivity contribution in [3.8, 4) is 0 Å². The Morgan fingerprint density at radius 2 is 0.261 bits per heavy atom. The van der Waals surface area contributed by atoms with Crippen molar-refractivity contribution in [2.45, 2.75) is 0 Å². The van der Waals surface area contributed by atoms with E-state index in [-0.39, 0.29) is 24.4 Å². The summed E-state index contributed by atoms with van der Waals surface area (Å²) in [5.74, 6) is -70.7. The Bertz CT molecular complexity index is 1580. The van der Waals surface area contributed by atoms with Crippen LogP contribution in [0.5, 0.6) is 0 Å². The minimum atomic E-state index is -9.18. The molecular formula is C24AsF20Sb. The smallest absolute Gasteiger partial charge is 0 e. The van der Waals surface area contributed by atoms with Gasteiger partial charge >= 0.3 is 235 Å². The Morgan fingerprint density at radius 3 is 0.370 bits per heavy atom. The van der Waals surface area contributed by atoms with Crippen LogP contribution in [0.3, 0.4) is 0 Å². The molecule has 0 heterocycles. The topological polar surface area (TPSA) is 0 Å². The third-order valence-electron chi connectivity index (χ3n) is 6.09. The second-order valence-electron chi connectivity index (χ2n) is 8.34. The average molecular weight is 865 g/mol. The molecule has 4 radical (unpaired) electrons. The Balaban J connectivity index is 0.00000576. The van der Waals surface area contributed by atoms with Crippen molar-refractivity contribution in [3.05, 3.63) is 116 Å². The summed E-state index contributed by atoms with van der Waals surface area (Å²) < 4.78 is 280. The standard InChI is InChI=1S/C24AsF20.Sb/c26-5-1(6(27)14(35)21(42)13(5)34)25(2-7(28)15(36)22(43)16(37)8(2)29,3-9(30)17(38)23(44)18(39)10(3)31)4-11(32)19(40)24(45)20(41)12(4)33;. The zero-order chi connectivity index (χ0) is 34.4. The molecule has 4 rings (SSSR count). The van der Waals surface area contributed by atoms with Gasteiger partial charge in [0.2, 0.25) is 0 Å². The van der Waals surface area contributed by atoms with Crippen LogP contribution in [0.4, 0.5) is 87.8 Å². The minimum absolute atomic E-state index is 0. The summed E-state index contributed by atoms with van der Waals surface area (Å²) in [4.78, 5) is 0. The first-order valence-electron chi connectivity index (χ1n) is 10.7. The molecule has 0 atom stereocenters. The summed E-state index contributed by atoms with van der Waals surface area (Å²) >= 11 is -9.18. The van der Waals surface area contributed by atoms with Gasteiger partial charge in [-0.1, -0.05) is 0 Å².